The fourth-order valence-corrected chi connectivity index (χ4v) is 3.11. The van der Waals surface area contributed by atoms with Crippen molar-refractivity contribution in [1.82, 2.24) is 0 Å². The van der Waals surface area contributed by atoms with Crippen LogP contribution in [0, 0.1) is 0 Å². The molecule has 1 heterocycles. The molecule has 1 saturated heterocycles. The molecule has 0 amide bonds. The van der Waals surface area contributed by atoms with Crippen LogP contribution in [0.2, 0.25) is 0 Å². The first-order valence-electron chi connectivity index (χ1n) is 7.01. The van der Waals surface area contributed by atoms with E-state index in [1.165, 1.54) is 0 Å². The molecule has 0 aromatic heterocycles. The van der Waals surface area contributed by atoms with Crippen LogP contribution in [-0.4, -0.2) is 58.2 Å². The summed E-state index contributed by atoms with van der Waals surface area (Å²) in [5, 5.41) is 10.2. The molecule has 0 spiro atoms. The average molecular weight is 333 g/mol. The van der Waals surface area contributed by atoms with Crippen LogP contribution in [0.25, 0.3) is 0 Å². The van der Waals surface area contributed by atoms with E-state index in [0.29, 0.717) is 12.2 Å². The zero-order chi connectivity index (χ0) is 17.3. The Morgan fingerprint density at radius 2 is 1.91 bits per heavy atom. The predicted molar refractivity (Wildman–Crippen MR) is 83.4 cm³/mol. The van der Waals surface area contributed by atoms with E-state index in [2.05, 4.69) is 0 Å². The first-order valence-corrected chi connectivity index (χ1v) is 8.69. The molecule has 9 heteroatoms. The van der Waals surface area contributed by atoms with E-state index in [1.54, 1.807) is 0 Å². The van der Waals surface area contributed by atoms with Gasteiger partial charge in [-0.2, -0.15) is 0 Å². The number of hydrogen-bond acceptors (Lipinski definition) is 5. The number of nitrogens with two attached hydrogens (primary N) is 1. The minimum absolute atomic E-state index is 0.461. The van der Waals surface area contributed by atoms with Crippen LogP contribution >= 0.6 is 7.60 Å². The maximum absolute atomic E-state index is 10.8. The molecule has 0 aromatic rings. The molecule has 22 heavy (non-hydrogen) atoms. The van der Waals surface area contributed by atoms with E-state index < -0.39 is 43.1 Å². The van der Waals surface area contributed by atoms with E-state index >= 15 is 0 Å². The summed E-state index contributed by atoms with van der Waals surface area (Å²) in [7, 11) is 1.48. The highest BCUT2D eigenvalue weighted by Crippen LogP contribution is 2.37. The minimum Gasteiger partial charge on any atom is -0.387 e. The Bertz CT molecular complexity index is 458. The van der Waals surface area contributed by atoms with Crippen molar-refractivity contribution in [2.75, 3.05) is 0 Å². The third-order valence-corrected chi connectivity index (χ3v) is 3.68. The predicted octanol–water partition coefficient (Wildman–Crippen LogP) is 0.223. The normalized spacial score (nSPS) is 31.1. The zero-order valence-corrected chi connectivity index (χ0v) is 14.2. The first-order chi connectivity index (χ1) is 9.70. The second-order valence-electron chi connectivity index (χ2n) is 6.99. The SMILES string of the molecule is [B]C1OC(/C=C/P(=O)(O)O)C(O)C1OC(C)(C)CC(C)(C)N. The van der Waals surface area contributed by atoms with Gasteiger partial charge in [-0.05, 0) is 40.2 Å². The minimum atomic E-state index is -4.32. The maximum atomic E-state index is 10.8. The summed E-state index contributed by atoms with van der Waals surface area (Å²) in [6.45, 7) is 7.40. The van der Waals surface area contributed by atoms with Crippen LogP contribution < -0.4 is 5.73 Å². The van der Waals surface area contributed by atoms with Gasteiger partial charge in [-0.15, -0.1) is 0 Å². The first kappa shape index (κ1) is 19.8. The molecule has 5 N–H and O–H groups in total. The van der Waals surface area contributed by atoms with Gasteiger partial charge >= 0.3 is 7.60 Å². The van der Waals surface area contributed by atoms with Gasteiger partial charge in [-0.25, -0.2) is 0 Å². The van der Waals surface area contributed by atoms with Crippen LogP contribution in [-0.2, 0) is 14.0 Å². The Morgan fingerprint density at radius 1 is 1.36 bits per heavy atom. The van der Waals surface area contributed by atoms with E-state index in [0.717, 1.165) is 6.08 Å². The summed E-state index contributed by atoms with van der Waals surface area (Å²) >= 11 is 0. The van der Waals surface area contributed by atoms with Crippen molar-refractivity contribution in [2.45, 2.75) is 69.6 Å². The van der Waals surface area contributed by atoms with Crippen LogP contribution in [0.1, 0.15) is 34.1 Å². The third kappa shape index (κ3) is 6.50. The fourth-order valence-electron chi connectivity index (χ4n) is 2.72. The molecule has 126 valence electrons. The van der Waals surface area contributed by atoms with Gasteiger partial charge < -0.3 is 30.1 Å². The van der Waals surface area contributed by atoms with Crippen LogP contribution in [0.3, 0.4) is 0 Å². The second-order valence-corrected chi connectivity index (χ2v) is 8.47. The van der Waals surface area contributed by atoms with E-state index in [9.17, 15) is 9.67 Å². The summed E-state index contributed by atoms with van der Waals surface area (Å²) in [6.07, 6.45) is -1.25. The van der Waals surface area contributed by atoms with Crippen LogP contribution in [0.15, 0.2) is 11.9 Å². The highest BCUT2D eigenvalue weighted by atomic mass is 31.2. The lowest BCUT2D eigenvalue weighted by atomic mass is 9.88. The molecule has 4 atom stereocenters. The summed E-state index contributed by atoms with van der Waals surface area (Å²) in [5.41, 5.74) is 4.88. The Hall–Kier alpha value is -0.205. The Kier molecular flexibility index (Phi) is 6.07. The lowest BCUT2D eigenvalue weighted by Gasteiger charge is -2.36. The Labute approximate surface area is 132 Å². The topological polar surface area (TPSA) is 122 Å². The van der Waals surface area contributed by atoms with Crippen LogP contribution in [0.5, 0.6) is 0 Å². The number of ether oxygens (including phenoxy) is 2. The van der Waals surface area contributed by atoms with Gasteiger partial charge in [-0.1, -0.05) is 0 Å². The molecule has 0 aliphatic carbocycles. The van der Waals surface area contributed by atoms with Gasteiger partial charge in [0.1, 0.15) is 26.2 Å². The van der Waals surface area contributed by atoms with Gasteiger partial charge in [0.15, 0.2) is 0 Å². The number of aliphatic hydroxyl groups is 1. The number of aliphatic hydroxyl groups excluding tert-OH is 1. The van der Waals surface area contributed by atoms with E-state index in [1.807, 2.05) is 27.7 Å². The van der Waals surface area contributed by atoms with Gasteiger partial charge in [0, 0.05) is 17.4 Å². The molecule has 0 aromatic carbocycles. The molecular weight excluding hydrogens is 308 g/mol. The lowest BCUT2D eigenvalue weighted by Crippen LogP contribution is -2.47. The van der Waals surface area contributed by atoms with Crippen molar-refractivity contribution in [3.8, 4) is 0 Å². The van der Waals surface area contributed by atoms with Crippen molar-refractivity contribution >= 4 is 15.4 Å². The highest BCUT2D eigenvalue weighted by Gasteiger charge is 2.44. The molecule has 2 radical (unpaired) electrons. The molecule has 0 saturated carbocycles. The van der Waals surface area contributed by atoms with Crippen molar-refractivity contribution in [3.05, 3.63) is 11.9 Å². The van der Waals surface area contributed by atoms with Gasteiger partial charge in [0.05, 0.1) is 5.60 Å². The summed E-state index contributed by atoms with van der Waals surface area (Å²) in [5.74, 6) is 0.685. The summed E-state index contributed by atoms with van der Waals surface area (Å²) in [6, 6.07) is -0.901. The molecule has 1 aliphatic heterocycles. The zero-order valence-electron chi connectivity index (χ0n) is 13.3. The standard InChI is InChI=1S/C13H25BNO6P/c1-12(2,15)7-13(3,4)21-10-9(16)8(20-11(10)14)5-6-22(17,18)19/h5-6,8-11,16H,7,15H2,1-4H3,(H2,17,18,19)/b6-5+. The molecule has 7 nitrogen and oxygen atoms in total. The molecule has 1 aliphatic rings. The number of hydrogen-bond donors (Lipinski definition) is 4. The van der Waals surface area contributed by atoms with Crippen molar-refractivity contribution < 1.29 is 28.9 Å². The second kappa shape index (κ2) is 6.73. The number of rotatable bonds is 6. The molecule has 1 rings (SSSR count). The molecule has 1 fully saturated rings. The molecule has 4 unspecified atom stereocenters. The molecule has 0 bridgehead atoms. The van der Waals surface area contributed by atoms with E-state index in [-0.39, 0.29) is 0 Å². The van der Waals surface area contributed by atoms with Crippen molar-refractivity contribution in [1.29, 1.82) is 0 Å². The van der Waals surface area contributed by atoms with Gasteiger partial charge in [0.2, 0.25) is 0 Å². The largest absolute Gasteiger partial charge is 0.387 e. The highest BCUT2D eigenvalue weighted by molar-refractivity contribution is 7.55. The Morgan fingerprint density at radius 3 is 2.36 bits per heavy atom. The third-order valence-electron chi connectivity index (χ3n) is 3.12. The summed E-state index contributed by atoms with van der Waals surface area (Å²) in [4.78, 5) is 17.6. The quantitative estimate of drug-likeness (QED) is 0.405. The van der Waals surface area contributed by atoms with Crippen LogP contribution in [0.4, 0.5) is 0 Å². The molecular formula is C13H25BNO6P. The van der Waals surface area contributed by atoms with Gasteiger partial charge in [0.25, 0.3) is 0 Å². The van der Waals surface area contributed by atoms with Crippen molar-refractivity contribution in [2.24, 2.45) is 5.73 Å². The lowest BCUT2D eigenvalue weighted by molar-refractivity contribution is -0.118. The summed E-state index contributed by atoms with van der Waals surface area (Å²) < 4.78 is 22.0. The fraction of sp³-hybridized carbons (Fsp3) is 0.846. The average Bonchev–Trinajstić information content (AvgIpc) is 2.49. The maximum Gasteiger partial charge on any atom is 0.348 e. The van der Waals surface area contributed by atoms with Gasteiger partial charge in [-0.3, -0.25) is 4.57 Å². The van der Waals surface area contributed by atoms with E-state index in [4.69, 9.17) is 32.8 Å². The monoisotopic (exact) mass is 333 g/mol. The Balaban J connectivity index is 2.76. The smallest absolute Gasteiger partial charge is 0.348 e. The van der Waals surface area contributed by atoms with Crippen molar-refractivity contribution in [3.63, 3.8) is 0 Å².